The maximum atomic E-state index is 13.9. The number of halogens is 4. The number of nitrogens with one attached hydrogen (secondary N) is 1. The van der Waals surface area contributed by atoms with E-state index in [0.29, 0.717) is 17.0 Å². The van der Waals surface area contributed by atoms with Crippen LogP contribution in [-0.2, 0) is 6.18 Å². The standard InChI is InChI=1S/C18H21F4N3O/c1-11(2)8-9-12(3)24-17(26)13-10-23-25(16(13)18(20,21)22)15-7-5-4-6-14(15)19/h4-7,10-12H,8-9H2,1-3H3,(H,24,26). The van der Waals surface area contributed by atoms with E-state index in [4.69, 9.17) is 0 Å². The SMILES string of the molecule is CC(C)CCC(C)NC(=O)c1cnn(-c2ccccc2F)c1C(F)(F)F. The zero-order valence-corrected chi connectivity index (χ0v) is 14.8. The van der Waals surface area contributed by atoms with Crippen molar-refractivity contribution in [2.24, 2.45) is 5.92 Å². The van der Waals surface area contributed by atoms with Gasteiger partial charge in [-0.1, -0.05) is 26.0 Å². The lowest BCUT2D eigenvalue weighted by molar-refractivity contribution is -0.143. The second-order valence-corrected chi connectivity index (χ2v) is 6.61. The van der Waals surface area contributed by atoms with E-state index < -0.39 is 29.2 Å². The lowest BCUT2D eigenvalue weighted by atomic mass is 10.0. The molecule has 1 aromatic heterocycles. The largest absolute Gasteiger partial charge is 0.434 e. The van der Waals surface area contributed by atoms with Gasteiger partial charge in [0.25, 0.3) is 5.91 Å². The second kappa shape index (κ2) is 7.88. The predicted octanol–water partition coefficient (Wildman–Crippen LogP) is 4.58. The average Bonchev–Trinajstić information content (AvgIpc) is 2.98. The smallest absolute Gasteiger partial charge is 0.349 e. The van der Waals surface area contributed by atoms with Crippen LogP contribution in [0.25, 0.3) is 5.69 Å². The van der Waals surface area contributed by atoms with E-state index in [-0.39, 0.29) is 11.7 Å². The van der Waals surface area contributed by atoms with Crippen LogP contribution in [0.15, 0.2) is 30.5 Å². The molecular formula is C18H21F4N3O. The van der Waals surface area contributed by atoms with Gasteiger partial charge in [-0.3, -0.25) is 4.79 Å². The van der Waals surface area contributed by atoms with E-state index in [1.54, 1.807) is 6.92 Å². The molecule has 0 aliphatic heterocycles. The topological polar surface area (TPSA) is 46.9 Å². The van der Waals surface area contributed by atoms with Crippen LogP contribution in [0.1, 0.15) is 49.7 Å². The van der Waals surface area contributed by atoms with Gasteiger partial charge >= 0.3 is 6.18 Å². The Kier molecular flexibility index (Phi) is 6.05. The summed E-state index contributed by atoms with van der Waals surface area (Å²) < 4.78 is 55.0. The van der Waals surface area contributed by atoms with Gasteiger partial charge in [-0.25, -0.2) is 9.07 Å². The summed E-state index contributed by atoms with van der Waals surface area (Å²) in [4.78, 5) is 12.3. The van der Waals surface area contributed by atoms with Crippen molar-refractivity contribution < 1.29 is 22.4 Å². The van der Waals surface area contributed by atoms with Gasteiger partial charge in [0.05, 0.1) is 11.8 Å². The molecule has 1 atom stereocenters. The van der Waals surface area contributed by atoms with Gasteiger partial charge in [0.2, 0.25) is 0 Å². The fourth-order valence-corrected chi connectivity index (χ4v) is 2.55. The molecule has 2 rings (SSSR count). The molecule has 1 amide bonds. The van der Waals surface area contributed by atoms with Crippen molar-refractivity contribution >= 4 is 5.91 Å². The molecule has 1 heterocycles. The number of nitrogens with zero attached hydrogens (tertiary/aromatic N) is 2. The van der Waals surface area contributed by atoms with Crippen LogP contribution < -0.4 is 5.32 Å². The number of carbonyl (C=O) groups is 1. The van der Waals surface area contributed by atoms with Crippen molar-refractivity contribution in [2.75, 3.05) is 0 Å². The number of hydrogen-bond donors (Lipinski definition) is 1. The molecule has 4 nitrogen and oxygen atoms in total. The van der Waals surface area contributed by atoms with Crippen LogP contribution in [0.4, 0.5) is 17.6 Å². The number of carbonyl (C=O) groups excluding carboxylic acids is 1. The number of para-hydroxylation sites is 1. The minimum Gasteiger partial charge on any atom is -0.349 e. The van der Waals surface area contributed by atoms with Gasteiger partial charge in [0.1, 0.15) is 11.5 Å². The molecule has 1 aromatic carbocycles. The van der Waals surface area contributed by atoms with E-state index in [1.807, 2.05) is 13.8 Å². The second-order valence-electron chi connectivity index (χ2n) is 6.61. The number of benzene rings is 1. The van der Waals surface area contributed by atoms with E-state index in [0.717, 1.165) is 18.7 Å². The molecule has 0 saturated heterocycles. The normalized spacial score (nSPS) is 13.1. The highest BCUT2D eigenvalue weighted by molar-refractivity contribution is 5.95. The maximum absolute atomic E-state index is 13.9. The van der Waals surface area contributed by atoms with E-state index >= 15 is 0 Å². The van der Waals surface area contributed by atoms with Crippen LogP contribution in [-0.4, -0.2) is 21.7 Å². The summed E-state index contributed by atoms with van der Waals surface area (Å²) in [5.74, 6) is -1.32. The highest BCUT2D eigenvalue weighted by Gasteiger charge is 2.41. The molecule has 0 aliphatic carbocycles. The van der Waals surface area contributed by atoms with Gasteiger partial charge in [0.15, 0.2) is 5.69 Å². The van der Waals surface area contributed by atoms with Crippen molar-refractivity contribution in [1.29, 1.82) is 0 Å². The first kappa shape index (κ1) is 19.9. The molecule has 0 radical (unpaired) electrons. The molecule has 1 unspecified atom stereocenters. The van der Waals surface area contributed by atoms with Crippen molar-refractivity contribution in [3.05, 3.63) is 47.5 Å². The van der Waals surface area contributed by atoms with E-state index in [2.05, 4.69) is 10.4 Å². The lowest BCUT2D eigenvalue weighted by Gasteiger charge is -2.16. The Labute approximate surface area is 149 Å². The highest BCUT2D eigenvalue weighted by Crippen LogP contribution is 2.34. The molecule has 0 spiro atoms. The number of hydrogen-bond acceptors (Lipinski definition) is 2. The van der Waals surface area contributed by atoms with Crippen LogP contribution in [0.2, 0.25) is 0 Å². The van der Waals surface area contributed by atoms with E-state index in [9.17, 15) is 22.4 Å². The van der Waals surface area contributed by atoms with Crippen LogP contribution in [0, 0.1) is 11.7 Å². The first-order valence-corrected chi connectivity index (χ1v) is 8.32. The third kappa shape index (κ3) is 4.62. The minimum absolute atomic E-state index is 0.289. The molecule has 1 N–H and O–H groups in total. The van der Waals surface area contributed by atoms with Gasteiger partial charge in [-0.05, 0) is 37.8 Å². The van der Waals surface area contributed by atoms with Crippen LogP contribution >= 0.6 is 0 Å². The molecule has 0 saturated carbocycles. The summed E-state index contributed by atoms with van der Waals surface area (Å²) >= 11 is 0. The summed E-state index contributed by atoms with van der Waals surface area (Å²) in [6.45, 7) is 5.78. The Hall–Kier alpha value is -2.38. The van der Waals surface area contributed by atoms with Crippen LogP contribution in [0.3, 0.4) is 0 Å². The Morgan fingerprint density at radius 2 is 1.85 bits per heavy atom. The molecule has 0 aliphatic rings. The fourth-order valence-electron chi connectivity index (χ4n) is 2.55. The Balaban J connectivity index is 2.35. The number of alkyl halides is 3. The van der Waals surface area contributed by atoms with Gasteiger partial charge < -0.3 is 5.32 Å². The summed E-state index contributed by atoms with van der Waals surface area (Å²) in [6, 6.07) is 4.67. The average molecular weight is 371 g/mol. The summed E-state index contributed by atoms with van der Waals surface area (Å²) in [5.41, 5.74) is -2.29. The summed E-state index contributed by atoms with van der Waals surface area (Å²) in [5, 5.41) is 6.17. The lowest BCUT2D eigenvalue weighted by Crippen LogP contribution is -2.34. The van der Waals surface area contributed by atoms with Gasteiger partial charge in [-0.15, -0.1) is 0 Å². The third-order valence-electron chi connectivity index (χ3n) is 3.92. The number of rotatable bonds is 6. The Morgan fingerprint density at radius 3 is 2.42 bits per heavy atom. The van der Waals surface area contributed by atoms with Crippen molar-refractivity contribution in [2.45, 2.75) is 45.8 Å². The molecule has 0 bridgehead atoms. The number of aromatic nitrogens is 2. The van der Waals surface area contributed by atoms with E-state index in [1.165, 1.54) is 18.2 Å². The molecule has 26 heavy (non-hydrogen) atoms. The van der Waals surface area contributed by atoms with Gasteiger partial charge in [-0.2, -0.15) is 18.3 Å². The molecule has 0 fully saturated rings. The molecule has 142 valence electrons. The quantitative estimate of drug-likeness (QED) is 0.756. The van der Waals surface area contributed by atoms with Gasteiger partial charge in [0, 0.05) is 6.04 Å². The highest BCUT2D eigenvalue weighted by atomic mass is 19.4. The number of amides is 1. The van der Waals surface area contributed by atoms with Crippen molar-refractivity contribution in [1.82, 2.24) is 15.1 Å². The maximum Gasteiger partial charge on any atom is 0.434 e. The first-order chi connectivity index (χ1) is 12.1. The predicted molar refractivity (Wildman–Crippen MR) is 89.5 cm³/mol. The summed E-state index contributed by atoms with van der Waals surface area (Å²) in [7, 11) is 0. The Bertz CT molecular complexity index is 768. The Morgan fingerprint density at radius 1 is 1.19 bits per heavy atom. The van der Waals surface area contributed by atoms with Crippen molar-refractivity contribution in [3.8, 4) is 5.69 Å². The minimum atomic E-state index is -4.87. The third-order valence-corrected chi connectivity index (χ3v) is 3.92. The molecule has 2 aromatic rings. The first-order valence-electron chi connectivity index (χ1n) is 8.32. The fraction of sp³-hybridized carbons (Fsp3) is 0.444. The molecular weight excluding hydrogens is 350 g/mol. The monoisotopic (exact) mass is 371 g/mol. The van der Waals surface area contributed by atoms with Crippen molar-refractivity contribution in [3.63, 3.8) is 0 Å². The zero-order chi connectivity index (χ0) is 19.5. The molecule has 8 heteroatoms. The zero-order valence-electron chi connectivity index (χ0n) is 14.8. The summed E-state index contributed by atoms with van der Waals surface area (Å²) in [6.07, 6.45) is -2.57. The van der Waals surface area contributed by atoms with Crippen LogP contribution in [0.5, 0.6) is 0 Å².